The van der Waals surface area contributed by atoms with Gasteiger partial charge in [-0.2, -0.15) is 0 Å². The Labute approximate surface area is 112 Å². The molecule has 0 radical (unpaired) electrons. The molecule has 0 spiro atoms. The van der Waals surface area contributed by atoms with E-state index in [9.17, 15) is 0 Å². The van der Waals surface area contributed by atoms with Gasteiger partial charge in [0.2, 0.25) is 0 Å². The smallest absolute Gasteiger partial charge is 0.0352 e. The molecule has 0 heterocycles. The summed E-state index contributed by atoms with van der Waals surface area (Å²) < 4.78 is 0. The Morgan fingerprint density at radius 3 is 2.00 bits per heavy atom. The van der Waals surface area contributed by atoms with E-state index in [0.29, 0.717) is 5.41 Å². The van der Waals surface area contributed by atoms with Gasteiger partial charge in [-0.3, -0.25) is 0 Å². The molecule has 0 aliphatic heterocycles. The van der Waals surface area contributed by atoms with Crippen molar-refractivity contribution in [1.82, 2.24) is 0 Å². The van der Waals surface area contributed by atoms with E-state index >= 15 is 0 Å². The van der Waals surface area contributed by atoms with Crippen LogP contribution in [0.15, 0.2) is 24.3 Å². The number of nitrogens with two attached hydrogens (primary N) is 1. The second-order valence-electron chi connectivity index (χ2n) is 7.28. The molecule has 1 heteroatoms. The summed E-state index contributed by atoms with van der Waals surface area (Å²) in [5.74, 6) is 0.757. The Morgan fingerprint density at radius 2 is 1.56 bits per heavy atom. The largest absolute Gasteiger partial charge is 0.322 e. The fourth-order valence-electron chi connectivity index (χ4n) is 2.92. The van der Waals surface area contributed by atoms with Crippen LogP contribution < -0.4 is 5.73 Å². The molecule has 0 atom stereocenters. The van der Waals surface area contributed by atoms with Crippen molar-refractivity contribution < 1.29 is 0 Å². The molecule has 2 N–H and O–H groups in total. The molecule has 18 heavy (non-hydrogen) atoms. The predicted molar refractivity (Wildman–Crippen MR) is 78.6 cm³/mol. The molecule has 2 rings (SSSR count). The fourth-order valence-corrected chi connectivity index (χ4v) is 2.92. The van der Waals surface area contributed by atoms with Crippen LogP contribution in [-0.4, -0.2) is 0 Å². The Balaban J connectivity index is 2.07. The lowest BCUT2D eigenvalue weighted by Gasteiger charge is -2.34. The highest BCUT2D eigenvalue weighted by Crippen LogP contribution is 2.42. The minimum absolute atomic E-state index is 0.229. The molecule has 1 aromatic carbocycles. The normalized spacial score (nSPS) is 20.9. The molecule has 1 aliphatic rings. The highest BCUT2D eigenvalue weighted by atomic mass is 14.7. The Kier molecular flexibility index (Phi) is 3.55. The van der Waals surface area contributed by atoms with Crippen LogP contribution >= 0.6 is 0 Å². The maximum absolute atomic E-state index is 6.12. The predicted octanol–water partition coefficient (Wildman–Crippen LogP) is 4.56. The first-order valence-corrected chi connectivity index (χ1v) is 7.17. The van der Waals surface area contributed by atoms with Crippen molar-refractivity contribution in [2.75, 3.05) is 0 Å². The first kappa shape index (κ1) is 13.6. The van der Waals surface area contributed by atoms with Gasteiger partial charge < -0.3 is 5.73 Å². The highest BCUT2D eigenvalue weighted by molar-refractivity contribution is 5.29. The number of benzene rings is 1. The average molecular weight is 245 g/mol. The van der Waals surface area contributed by atoms with Crippen LogP contribution in [-0.2, 0) is 5.54 Å². The molecular weight excluding hydrogens is 218 g/mol. The lowest BCUT2D eigenvalue weighted by Crippen LogP contribution is -2.28. The third-order valence-electron chi connectivity index (χ3n) is 4.47. The van der Waals surface area contributed by atoms with Crippen LogP contribution in [0.25, 0.3) is 0 Å². The molecular formula is C17H27N. The zero-order chi connectivity index (χ0) is 13.4. The van der Waals surface area contributed by atoms with Crippen molar-refractivity contribution in [3.63, 3.8) is 0 Å². The molecule has 1 saturated carbocycles. The molecule has 100 valence electrons. The summed E-state index contributed by atoms with van der Waals surface area (Å²) in [6, 6.07) is 8.98. The van der Waals surface area contributed by atoms with E-state index in [1.807, 2.05) is 0 Å². The van der Waals surface area contributed by atoms with Crippen LogP contribution in [0.1, 0.15) is 70.4 Å². The van der Waals surface area contributed by atoms with Crippen molar-refractivity contribution in [3.8, 4) is 0 Å². The molecule has 0 unspecified atom stereocenters. The first-order chi connectivity index (χ1) is 8.28. The molecule has 1 nitrogen and oxygen atoms in total. The van der Waals surface area contributed by atoms with Gasteiger partial charge in [-0.1, -0.05) is 38.1 Å². The van der Waals surface area contributed by atoms with Gasteiger partial charge in [0, 0.05) is 5.54 Å². The highest BCUT2D eigenvalue weighted by Gasteiger charge is 2.27. The van der Waals surface area contributed by atoms with Crippen molar-refractivity contribution in [1.29, 1.82) is 0 Å². The van der Waals surface area contributed by atoms with Gasteiger partial charge >= 0.3 is 0 Å². The van der Waals surface area contributed by atoms with Crippen molar-refractivity contribution in [3.05, 3.63) is 35.4 Å². The lowest BCUT2D eigenvalue weighted by molar-refractivity contribution is 0.224. The average Bonchev–Trinajstić information content (AvgIpc) is 2.28. The summed E-state index contributed by atoms with van der Waals surface area (Å²) in [5, 5.41) is 0. The lowest BCUT2D eigenvalue weighted by atomic mass is 9.71. The summed E-state index contributed by atoms with van der Waals surface area (Å²) in [6.07, 6.45) is 5.36. The number of rotatable bonds is 2. The van der Waals surface area contributed by atoms with Gasteiger partial charge in [-0.25, -0.2) is 0 Å². The van der Waals surface area contributed by atoms with Gasteiger partial charge in [-0.05, 0) is 62.0 Å². The zero-order valence-corrected chi connectivity index (χ0v) is 12.3. The number of hydrogen-bond donors (Lipinski definition) is 1. The summed E-state index contributed by atoms with van der Waals surface area (Å²) in [6.45, 7) is 8.91. The SMILES string of the molecule is CC1(C)CCC(c2ccc(C(C)(C)N)cc2)CC1. The van der Waals surface area contributed by atoms with Gasteiger partial charge in [0.1, 0.15) is 0 Å². The van der Waals surface area contributed by atoms with Gasteiger partial charge in [0.25, 0.3) is 0 Å². The molecule has 1 fully saturated rings. The van der Waals surface area contributed by atoms with Crippen LogP contribution in [0.2, 0.25) is 0 Å². The van der Waals surface area contributed by atoms with Gasteiger partial charge in [0.05, 0.1) is 0 Å². The summed E-state index contributed by atoms with van der Waals surface area (Å²) >= 11 is 0. The Morgan fingerprint density at radius 1 is 1.06 bits per heavy atom. The molecule has 0 saturated heterocycles. The van der Waals surface area contributed by atoms with E-state index in [-0.39, 0.29) is 5.54 Å². The Bertz CT molecular complexity index is 385. The molecule has 0 amide bonds. The van der Waals surface area contributed by atoms with Crippen molar-refractivity contribution in [2.24, 2.45) is 11.1 Å². The minimum Gasteiger partial charge on any atom is -0.322 e. The van der Waals surface area contributed by atoms with Crippen molar-refractivity contribution in [2.45, 2.75) is 64.8 Å². The molecule has 1 aliphatic carbocycles. The fraction of sp³-hybridized carbons (Fsp3) is 0.647. The van der Waals surface area contributed by atoms with Crippen molar-refractivity contribution >= 4 is 0 Å². The monoisotopic (exact) mass is 245 g/mol. The van der Waals surface area contributed by atoms with E-state index in [1.165, 1.54) is 36.8 Å². The standard InChI is InChI=1S/C17H27N/c1-16(2)11-9-14(10-12-16)13-5-7-15(8-6-13)17(3,4)18/h5-8,14H,9-12,18H2,1-4H3. The molecule has 1 aromatic rings. The van der Waals surface area contributed by atoms with E-state index in [4.69, 9.17) is 5.73 Å². The maximum atomic E-state index is 6.12. The second-order valence-corrected chi connectivity index (χ2v) is 7.28. The summed E-state index contributed by atoms with van der Waals surface area (Å²) in [4.78, 5) is 0. The van der Waals surface area contributed by atoms with Crippen LogP contribution in [0, 0.1) is 5.41 Å². The minimum atomic E-state index is -0.229. The van der Waals surface area contributed by atoms with Crippen LogP contribution in [0.4, 0.5) is 0 Å². The van der Waals surface area contributed by atoms with Crippen LogP contribution in [0.5, 0.6) is 0 Å². The topological polar surface area (TPSA) is 26.0 Å². The summed E-state index contributed by atoms with van der Waals surface area (Å²) in [5.41, 5.74) is 9.17. The zero-order valence-electron chi connectivity index (χ0n) is 12.3. The summed E-state index contributed by atoms with van der Waals surface area (Å²) in [7, 11) is 0. The third kappa shape index (κ3) is 3.14. The molecule has 0 aromatic heterocycles. The maximum Gasteiger partial charge on any atom is 0.0352 e. The van der Waals surface area contributed by atoms with E-state index < -0.39 is 0 Å². The molecule has 0 bridgehead atoms. The first-order valence-electron chi connectivity index (χ1n) is 7.17. The van der Waals surface area contributed by atoms with Gasteiger partial charge in [-0.15, -0.1) is 0 Å². The third-order valence-corrected chi connectivity index (χ3v) is 4.47. The van der Waals surface area contributed by atoms with Crippen LogP contribution in [0.3, 0.4) is 0 Å². The van der Waals surface area contributed by atoms with E-state index in [0.717, 1.165) is 5.92 Å². The number of hydrogen-bond acceptors (Lipinski definition) is 1. The quantitative estimate of drug-likeness (QED) is 0.812. The van der Waals surface area contributed by atoms with E-state index in [1.54, 1.807) is 0 Å². The second kappa shape index (κ2) is 4.70. The van der Waals surface area contributed by atoms with Gasteiger partial charge in [0.15, 0.2) is 0 Å². The van der Waals surface area contributed by atoms with E-state index in [2.05, 4.69) is 52.0 Å². The Hall–Kier alpha value is -0.820.